The lowest BCUT2D eigenvalue weighted by molar-refractivity contribution is -0.120. The maximum absolute atomic E-state index is 13.7. The summed E-state index contributed by atoms with van der Waals surface area (Å²) >= 11 is 0. The number of fused-ring (bicyclic) bond motifs is 1. The zero-order valence-electron chi connectivity index (χ0n) is 21.8. The van der Waals surface area contributed by atoms with Crippen LogP contribution in [0.15, 0.2) is 65.6 Å². The molecule has 190 valence electrons. The average molecular weight is 507 g/mol. The van der Waals surface area contributed by atoms with Gasteiger partial charge in [0.05, 0.1) is 16.6 Å². The van der Waals surface area contributed by atoms with Gasteiger partial charge in [0.15, 0.2) is 0 Å². The number of rotatable bonds is 6. The second kappa shape index (κ2) is 9.62. The van der Waals surface area contributed by atoms with E-state index in [9.17, 15) is 13.2 Å². The van der Waals surface area contributed by atoms with Crippen LogP contribution in [0.5, 0.6) is 5.75 Å². The third-order valence-corrected chi connectivity index (χ3v) is 8.42. The third kappa shape index (κ3) is 5.41. The second-order valence-corrected chi connectivity index (χ2v) is 12.2. The number of carbonyl (C=O) groups excluding carboxylic acids is 1. The van der Waals surface area contributed by atoms with Crippen LogP contribution in [0.25, 0.3) is 0 Å². The fourth-order valence-corrected chi connectivity index (χ4v) is 5.90. The predicted molar refractivity (Wildman–Crippen MR) is 143 cm³/mol. The van der Waals surface area contributed by atoms with Gasteiger partial charge in [0.25, 0.3) is 10.0 Å². The Morgan fingerprint density at radius 3 is 2.28 bits per heavy atom. The molecule has 7 heteroatoms. The molecule has 1 atom stereocenters. The van der Waals surface area contributed by atoms with Crippen LogP contribution in [0, 0.1) is 27.7 Å². The van der Waals surface area contributed by atoms with Crippen molar-refractivity contribution in [2.24, 2.45) is 0 Å². The largest absolute Gasteiger partial charge is 0.487 e. The molecule has 0 bridgehead atoms. The molecule has 0 spiro atoms. The number of aryl methyl sites for hydroxylation is 4. The van der Waals surface area contributed by atoms with Crippen LogP contribution in [0.1, 0.15) is 54.1 Å². The number of anilines is 1. The van der Waals surface area contributed by atoms with Gasteiger partial charge in [0, 0.05) is 12.0 Å². The Hall–Kier alpha value is -3.32. The van der Waals surface area contributed by atoms with Crippen molar-refractivity contribution in [3.8, 4) is 5.75 Å². The lowest BCUT2D eigenvalue weighted by Crippen LogP contribution is -2.45. The molecule has 36 heavy (non-hydrogen) atoms. The summed E-state index contributed by atoms with van der Waals surface area (Å²) < 4.78 is 34.8. The van der Waals surface area contributed by atoms with Gasteiger partial charge in [-0.05, 0) is 88.6 Å². The highest BCUT2D eigenvalue weighted by atomic mass is 32.2. The maximum atomic E-state index is 13.7. The summed E-state index contributed by atoms with van der Waals surface area (Å²) in [5, 5.41) is 3.08. The number of carbonyl (C=O) groups is 1. The molecule has 3 aromatic rings. The Morgan fingerprint density at radius 1 is 0.944 bits per heavy atom. The van der Waals surface area contributed by atoms with E-state index in [1.807, 2.05) is 71.9 Å². The molecule has 1 N–H and O–H groups in total. The van der Waals surface area contributed by atoms with Gasteiger partial charge >= 0.3 is 0 Å². The minimum atomic E-state index is -3.98. The second-order valence-electron chi connectivity index (χ2n) is 10.3. The van der Waals surface area contributed by atoms with Crippen molar-refractivity contribution in [3.05, 3.63) is 88.5 Å². The Morgan fingerprint density at radius 2 is 1.61 bits per heavy atom. The number of nitrogens with zero attached hydrogens (tertiary/aromatic N) is 1. The van der Waals surface area contributed by atoms with Gasteiger partial charge in [0.2, 0.25) is 5.91 Å². The lowest BCUT2D eigenvalue weighted by Gasteiger charge is -2.38. The molecule has 6 nitrogen and oxygen atoms in total. The molecule has 1 heterocycles. The van der Waals surface area contributed by atoms with Gasteiger partial charge < -0.3 is 10.1 Å². The summed E-state index contributed by atoms with van der Waals surface area (Å²) in [5.74, 6) is 0.369. The van der Waals surface area contributed by atoms with Crippen LogP contribution < -0.4 is 14.4 Å². The first-order valence-corrected chi connectivity index (χ1v) is 13.6. The number of nitrogens with one attached hydrogen (secondary N) is 1. The van der Waals surface area contributed by atoms with Gasteiger partial charge in [-0.25, -0.2) is 8.42 Å². The first-order valence-electron chi connectivity index (χ1n) is 12.1. The van der Waals surface area contributed by atoms with Crippen LogP contribution >= 0.6 is 0 Å². The Kier molecular flexibility index (Phi) is 6.88. The Labute approximate surface area is 214 Å². The minimum absolute atomic E-state index is 0.146. The molecule has 4 rings (SSSR count). The number of hydrogen-bond donors (Lipinski definition) is 1. The molecule has 0 saturated heterocycles. The van der Waals surface area contributed by atoms with E-state index in [2.05, 4.69) is 5.32 Å². The van der Waals surface area contributed by atoms with Crippen molar-refractivity contribution < 1.29 is 17.9 Å². The van der Waals surface area contributed by atoms with Crippen molar-refractivity contribution in [3.63, 3.8) is 0 Å². The number of amides is 1. The van der Waals surface area contributed by atoms with Crippen LogP contribution in [0.3, 0.4) is 0 Å². The summed E-state index contributed by atoms with van der Waals surface area (Å²) in [7, 11) is -3.98. The van der Waals surface area contributed by atoms with Gasteiger partial charge in [0.1, 0.15) is 17.9 Å². The number of ether oxygens (including phenoxy) is 1. The van der Waals surface area contributed by atoms with Crippen LogP contribution in [0.2, 0.25) is 0 Å². The standard InChI is InChI=1S/C29H34N2O4S/c1-19-7-12-24(13-8-19)36(33,34)31(23-11-10-21(3)22(4)16-23)18-28(32)30-26-17-29(5,6)35-27-15-20(2)9-14-25(26)27/h7-16,26H,17-18H2,1-6H3,(H,30,32). The maximum Gasteiger partial charge on any atom is 0.264 e. The minimum Gasteiger partial charge on any atom is -0.487 e. The highest BCUT2D eigenvalue weighted by Crippen LogP contribution is 2.40. The van der Waals surface area contributed by atoms with Crippen LogP contribution in [0.4, 0.5) is 5.69 Å². The van der Waals surface area contributed by atoms with Gasteiger partial charge in [-0.15, -0.1) is 0 Å². The summed E-state index contributed by atoms with van der Waals surface area (Å²) in [6, 6.07) is 17.7. The zero-order valence-corrected chi connectivity index (χ0v) is 22.6. The molecule has 1 amide bonds. The zero-order chi connectivity index (χ0) is 26.3. The quantitative estimate of drug-likeness (QED) is 0.477. The SMILES string of the molecule is Cc1ccc(S(=O)(=O)N(CC(=O)NC2CC(C)(C)Oc3cc(C)ccc32)c2ccc(C)c(C)c2)cc1. The first kappa shape index (κ1) is 25.8. The first-order chi connectivity index (χ1) is 16.9. The summed E-state index contributed by atoms with van der Waals surface area (Å²) in [6.07, 6.45) is 0.573. The van der Waals surface area contributed by atoms with E-state index in [1.54, 1.807) is 30.3 Å². The van der Waals surface area contributed by atoms with Crippen LogP contribution in [-0.2, 0) is 14.8 Å². The number of sulfonamides is 1. The molecular formula is C29H34N2O4S. The molecule has 1 aliphatic rings. The van der Waals surface area contributed by atoms with E-state index in [4.69, 9.17) is 4.74 Å². The third-order valence-electron chi connectivity index (χ3n) is 6.64. The molecule has 1 unspecified atom stereocenters. The molecular weight excluding hydrogens is 472 g/mol. The van der Waals surface area contributed by atoms with E-state index < -0.39 is 15.6 Å². The number of benzene rings is 3. The monoisotopic (exact) mass is 506 g/mol. The summed E-state index contributed by atoms with van der Waals surface area (Å²) in [4.78, 5) is 13.6. The highest BCUT2D eigenvalue weighted by molar-refractivity contribution is 7.92. The summed E-state index contributed by atoms with van der Waals surface area (Å²) in [5.41, 5.74) is 4.91. The van der Waals surface area contributed by atoms with Crippen LogP contribution in [-0.4, -0.2) is 26.5 Å². The van der Waals surface area contributed by atoms with Crippen molar-refractivity contribution in [2.45, 2.75) is 64.5 Å². The molecule has 1 aliphatic heterocycles. The van der Waals surface area contributed by atoms with E-state index in [1.165, 1.54) is 4.31 Å². The number of hydrogen-bond acceptors (Lipinski definition) is 4. The van der Waals surface area contributed by atoms with Gasteiger partial charge in [-0.1, -0.05) is 35.9 Å². The molecule has 0 saturated carbocycles. The Bertz CT molecular complexity index is 1400. The Balaban J connectivity index is 1.67. The molecule has 0 aromatic heterocycles. The molecule has 0 fully saturated rings. The highest BCUT2D eigenvalue weighted by Gasteiger charge is 2.35. The fraction of sp³-hybridized carbons (Fsp3) is 0.345. The van der Waals surface area contributed by atoms with Crippen molar-refractivity contribution in [2.75, 3.05) is 10.8 Å². The van der Waals surface area contributed by atoms with E-state index in [0.717, 1.165) is 33.6 Å². The van der Waals surface area contributed by atoms with Gasteiger partial charge in [-0.3, -0.25) is 9.10 Å². The molecule has 3 aromatic carbocycles. The van der Waals surface area contributed by atoms with E-state index >= 15 is 0 Å². The normalized spacial score (nSPS) is 16.6. The van der Waals surface area contributed by atoms with Crippen molar-refractivity contribution in [1.29, 1.82) is 0 Å². The van der Waals surface area contributed by atoms with Crippen molar-refractivity contribution >= 4 is 21.6 Å². The smallest absolute Gasteiger partial charge is 0.264 e. The lowest BCUT2D eigenvalue weighted by atomic mass is 9.89. The van der Waals surface area contributed by atoms with Gasteiger partial charge in [-0.2, -0.15) is 0 Å². The predicted octanol–water partition coefficient (Wildman–Crippen LogP) is 5.53. The average Bonchev–Trinajstić information content (AvgIpc) is 2.78. The molecule has 0 radical (unpaired) electrons. The topological polar surface area (TPSA) is 75.7 Å². The van der Waals surface area contributed by atoms with E-state index in [-0.39, 0.29) is 23.4 Å². The summed E-state index contributed by atoms with van der Waals surface area (Å²) in [6.45, 7) is 11.4. The fourth-order valence-electron chi connectivity index (χ4n) is 4.49. The molecule has 0 aliphatic carbocycles. The van der Waals surface area contributed by atoms with E-state index in [0.29, 0.717) is 12.1 Å². The van der Waals surface area contributed by atoms with Crippen molar-refractivity contribution in [1.82, 2.24) is 5.32 Å².